The summed E-state index contributed by atoms with van der Waals surface area (Å²) in [5.74, 6) is 1.25. The lowest BCUT2D eigenvalue weighted by molar-refractivity contribution is 0.411. The predicted octanol–water partition coefficient (Wildman–Crippen LogP) is 3.08. The molecule has 0 saturated heterocycles. The molecule has 2 heterocycles. The maximum absolute atomic E-state index is 6.02. The third-order valence-corrected chi connectivity index (χ3v) is 3.56. The number of ether oxygens (including phenoxy) is 1. The molecule has 6 heteroatoms. The van der Waals surface area contributed by atoms with Gasteiger partial charge in [0.05, 0.1) is 12.8 Å². The molecular weight excluding hydrogens is 320 g/mol. The van der Waals surface area contributed by atoms with Crippen LogP contribution in [0.15, 0.2) is 34.9 Å². The normalized spacial score (nSPS) is 10.9. The van der Waals surface area contributed by atoms with E-state index in [9.17, 15) is 0 Å². The molecule has 1 aromatic carbocycles. The van der Waals surface area contributed by atoms with E-state index < -0.39 is 0 Å². The minimum atomic E-state index is 0.412. The van der Waals surface area contributed by atoms with E-state index in [0.29, 0.717) is 5.95 Å². The highest BCUT2D eigenvalue weighted by molar-refractivity contribution is 9.10. The number of halogens is 1. The summed E-state index contributed by atoms with van der Waals surface area (Å²) < 4.78 is 7.98. The maximum atomic E-state index is 6.02. The number of nitrogens with two attached hydrogens (primary N) is 1. The number of imidazole rings is 1. The molecule has 0 amide bonds. The molecule has 3 aromatic rings. The average molecular weight is 333 g/mol. The number of benzene rings is 1. The van der Waals surface area contributed by atoms with Crippen molar-refractivity contribution < 1.29 is 4.74 Å². The molecule has 102 valence electrons. The van der Waals surface area contributed by atoms with Crippen molar-refractivity contribution in [3.8, 4) is 11.4 Å². The molecule has 0 bridgehead atoms. The molecule has 0 aliphatic heterocycles. The van der Waals surface area contributed by atoms with E-state index in [0.717, 1.165) is 32.6 Å². The molecule has 5 nitrogen and oxygen atoms in total. The summed E-state index contributed by atoms with van der Waals surface area (Å²) in [7, 11) is 1.65. The number of anilines is 1. The first-order valence-corrected chi connectivity index (χ1v) is 6.84. The lowest BCUT2D eigenvalue weighted by Crippen LogP contribution is -2.02. The second-order valence-electron chi connectivity index (χ2n) is 4.46. The van der Waals surface area contributed by atoms with Gasteiger partial charge in [0, 0.05) is 10.7 Å². The Kier molecular flexibility index (Phi) is 3.10. The van der Waals surface area contributed by atoms with Crippen molar-refractivity contribution in [2.75, 3.05) is 12.8 Å². The first kappa shape index (κ1) is 12.9. The van der Waals surface area contributed by atoms with Crippen LogP contribution in [0.25, 0.3) is 16.9 Å². The van der Waals surface area contributed by atoms with Crippen LogP contribution in [0, 0.1) is 6.92 Å². The number of rotatable bonds is 2. The highest BCUT2D eigenvalue weighted by Gasteiger charge is 2.12. The van der Waals surface area contributed by atoms with Crippen LogP contribution in [0.5, 0.6) is 5.75 Å². The van der Waals surface area contributed by atoms with E-state index in [1.54, 1.807) is 13.3 Å². The van der Waals surface area contributed by atoms with Gasteiger partial charge in [0.25, 0.3) is 0 Å². The number of hydrogen-bond acceptors (Lipinski definition) is 4. The molecule has 0 aliphatic carbocycles. The number of aromatic nitrogens is 3. The fourth-order valence-corrected chi connectivity index (χ4v) is 2.53. The fraction of sp³-hybridized carbons (Fsp3) is 0.143. The standard InChI is InChI=1S/C14H13BrN4O/c1-8-5-10(3-4-12(8)20-2)19-13-11(18-14(19)16)6-9(15)7-17-13/h3-7H,1-2H3,(H2,16,18). The highest BCUT2D eigenvalue weighted by Crippen LogP contribution is 2.26. The lowest BCUT2D eigenvalue weighted by atomic mass is 10.2. The molecule has 0 fully saturated rings. The Morgan fingerprint density at radius 2 is 2.10 bits per heavy atom. The van der Waals surface area contributed by atoms with Crippen LogP contribution in [0.3, 0.4) is 0 Å². The summed E-state index contributed by atoms with van der Waals surface area (Å²) >= 11 is 3.38. The Bertz CT molecular complexity index is 797. The van der Waals surface area contributed by atoms with Crippen LogP contribution >= 0.6 is 15.9 Å². The Morgan fingerprint density at radius 1 is 1.30 bits per heavy atom. The third-order valence-electron chi connectivity index (χ3n) is 3.13. The average Bonchev–Trinajstić information content (AvgIpc) is 2.73. The van der Waals surface area contributed by atoms with E-state index in [4.69, 9.17) is 10.5 Å². The Labute approximate surface area is 124 Å². The summed E-state index contributed by atoms with van der Waals surface area (Å²) in [6, 6.07) is 7.74. The van der Waals surface area contributed by atoms with Crippen LogP contribution in [-0.2, 0) is 0 Å². The summed E-state index contributed by atoms with van der Waals surface area (Å²) in [5.41, 5.74) is 9.45. The Morgan fingerprint density at radius 3 is 2.80 bits per heavy atom. The number of nitrogen functional groups attached to an aromatic ring is 1. The van der Waals surface area contributed by atoms with Gasteiger partial charge in [-0.1, -0.05) is 0 Å². The van der Waals surface area contributed by atoms with Crippen molar-refractivity contribution in [1.82, 2.24) is 14.5 Å². The molecule has 0 aliphatic rings. The first-order chi connectivity index (χ1) is 9.60. The van der Waals surface area contributed by atoms with Crippen molar-refractivity contribution in [2.24, 2.45) is 0 Å². The fourth-order valence-electron chi connectivity index (χ4n) is 2.21. The molecule has 2 N–H and O–H groups in total. The van der Waals surface area contributed by atoms with Crippen molar-refractivity contribution in [2.45, 2.75) is 6.92 Å². The molecule has 0 saturated carbocycles. The topological polar surface area (TPSA) is 66.0 Å². The third kappa shape index (κ3) is 2.02. The van der Waals surface area contributed by atoms with E-state index in [1.807, 2.05) is 35.8 Å². The van der Waals surface area contributed by atoms with Gasteiger partial charge in [-0.15, -0.1) is 0 Å². The van der Waals surface area contributed by atoms with E-state index in [1.165, 1.54) is 0 Å². The van der Waals surface area contributed by atoms with E-state index in [-0.39, 0.29) is 0 Å². The molecule has 20 heavy (non-hydrogen) atoms. The molecule has 2 aromatic heterocycles. The molecule has 0 unspecified atom stereocenters. The number of fused-ring (bicyclic) bond motifs is 1. The summed E-state index contributed by atoms with van der Waals surface area (Å²) in [6.45, 7) is 1.99. The van der Waals surface area contributed by atoms with Crippen molar-refractivity contribution in [3.63, 3.8) is 0 Å². The zero-order chi connectivity index (χ0) is 14.3. The van der Waals surface area contributed by atoms with Crippen LogP contribution in [0.4, 0.5) is 5.95 Å². The maximum Gasteiger partial charge on any atom is 0.207 e. The minimum absolute atomic E-state index is 0.412. The van der Waals surface area contributed by atoms with Crippen molar-refractivity contribution >= 4 is 33.0 Å². The van der Waals surface area contributed by atoms with Crippen LogP contribution < -0.4 is 10.5 Å². The summed E-state index contributed by atoms with van der Waals surface area (Å²) in [5, 5.41) is 0. The van der Waals surface area contributed by atoms with E-state index in [2.05, 4.69) is 25.9 Å². The van der Waals surface area contributed by atoms with Gasteiger partial charge < -0.3 is 10.5 Å². The SMILES string of the molecule is COc1ccc(-n2c(N)nc3cc(Br)cnc32)cc1C. The zero-order valence-corrected chi connectivity index (χ0v) is 12.7. The highest BCUT2D eigenvalue weighted by atomic mass is 79.9. The van der Waals surface area contributed by atoms with Crippen LogP contribution in [0.2, 0.25) is 0 Å². The van der Waals surface area contributed by atoms with Gasteiger partial charge in [-0.05, 0) is 52.7 Å². The molecule has 0 atom stereocenters. The molecule has 0 radical (unpaired) electrons. The number of hydrogen-bond donors (Lipinski definition) is 1. The number of nitrogens with zero attached hydrogens (tertiary/aromatic N) is 3. The molecular formula is C14H13BrN4O. The van der Waals surface area contributed by atoms with Crippen molar-refractivity contribution in [3.05, 3.63) is 40.5 Å². The van der Waals surface area contributed by atoms with E-state index >= 15 is 0 Å². The number of methoxy groups -OCH3 is 1. The monoisotopic (exact) mass is 332 g/mol. The summed E-state index contributed by atoms with van der Waals surface area (Å²) in [4.78, 5) is 8.73. The Balaban J connectivity index is 2.23. The smallest absolute Gasteiger partial charge is 0.207 e. The molecule has 3 rings (SSSR count). The minimum Gasteiger partial charge on any atom is -0.496 e. The largest absolute Gasteiger partial charge is 0.496 e. The van der Waals surface area contributed by atoms with Gasteiger partial charge >= 0.3 is 0 Å². The second-order valence-corrected chi connectivity index (χ2v) is 5.37. The van der Waals surface area contributed by atoms with Gasteiger partial charge in [-0.2, -0.15) is 0 Å². The summed E-state index contributed by atoms with van der Waals surface area (Å²) in [6.07, 6.45) is 1.73. The van der Waals surface area contributed by atoms with Gasteiger partial charge in [0.1, 0.15) is 11.3 Å². The van der Waals surface area contributed by atoms with Crippen molar-refractivity contribution in [1.29, 1.82) is 0 Å². The first-order valence-electron chi connectivity index (χ1n) is 6.04. The molecule has 0 spiro atoms. The lowest BCUT2D eigenvalue weighted by Gasteiger charge is -2.09. The van der Waals surface area contributed by atoms with Gasteiger partial charge in [0.15, 0.2) is 5.65 Å². The van der Waals surface area contributed by atoms with Crippen LogP contribution in [0.1, 0.15) is 5.56 Å². The van der Waals surface area contributed by atoms with Gasteiger partial charge in [-0.3, -0.25) is 4.57 Å². The Hall–Kier alpha value is -2.08. The van der Waals surface area contributed by atoms with Gasteiger partial charge in [0.2, 0.25) is 5.95 Å². The zero-order valence-electron chi connectivity index (χ0n) is 11.1. The predicted molar refractivity (Wildman–Crippen MR) is 82.3 cm³/mol. The van der Waals surface area contributed by atoms with Crippen LogP contribution in [-0.4, -0.2) is 21.6 Å². The quantitative estimate of drug-likeness (QED) is 0.783. The second kappa shape index (κ2) is 4.79. The number of pyridine rings is 1. The number of aryl methyl sites for hydroxylation is 1. The van der Waals surface area contributed by atoms with Gasteiger partial charge in [-0.25, -0.2) is 9.97 Å².